The number of alkyl halides is 3. The average Bonchev–Trinajstić information content (AvgIpc) is 3.13. The van der Waals surface area contributed by atoms with Gasteiger partial charge in [-0.2, -0.15) is 13.2 Å². The molecule has 0 aliphatic carbocycles. The van der Waals surface area contributed by atoms with E-state index in [9.17, 15) is 18.0 Å². The zero-order valence-electron chi connectivity index (χ0n) is 13.4. The molecule has 0 bridgehead atoms. The van der Waals surface area contributed by atoms with E-state index in [1.54, 1.807) is 18.2 Å². The first-order valence-corrected chi connectivity index (χ1v) is 7.63. The minimum absolute atomic E-state index is 0.217. The largest absolute Gasteiger partial charge is 0.467 e. The summed E-state index contributed by atoms with van der Waals surface area (Å²) in [6.45, 7) is 0.249. The fraction of sp³-hybridized carbons (Fsp3) is 0.111. The van der Waals surface area contributed by atoms with Crippen molar-refractivity contribution in [3.05, 3.63) is 78.0 Å². The lowest BCUT2D eigenvalue weighted by atomic mass is 10.2. The van der Waals surface area contributed by atoms with E-state index in [0.717, 1.165) is 12.1 Å². The van der Waals surface area contributed by atoms with Gasteiger partial charge in [-0.3, -0.25) is 4.79 Å². The van der Waals surface area contributed by atoms with Crippen LogP contribution in [-0.2, 0) is 12.7 Å². The minimum Gasteiger partial charge on any atom is -0.467 e. The van der Waals surface area contributed by atoms with E-state index in [2.05, 4.69) is 15.6 Å². The predicted molar refractivity (Wildman–Crippen MR) is 88.8 cm³/mol. The molecule has 134 valence electrons. The lowest BCUT2D eigenvalue weighted by Crippen LogP contribution is -2.23. The third kappa shape index (κ3) is 4.41. The molecule has 0 radical (unpaired) electrons. The maximum absolute atomic E-state index is 12.5. The summed E-state index contributed by atoms with van der Waals surface area (Å²) in [5.41, 5.74) is 0.529. The summed E-state index contributed by atoms with van der Waals surface area (Å²) in [6, 6.07) is 11.2. The number of nitrogens with zero attached hydrogens (tertiary/aromatic N) is 1. The molecule has 0 fully saturated rings. The number of pyridine rings is 1. The summed E-state index contributed by atoms with van der Waals surface area (Å²) in [7, 11) is 0. The number of halogens is 3. The van der Waals surface area contributed by atoms with Gasteiger partial charge in [0.05, 0.1) is 30.3 Å². The van der Waals surface area contributed by atoms with Crippen LogP contribution >= 0.6 is 0 Å². The van der Waals surface area contributed by atoms with E-state index >= 15 is 0 Å². The molecule has 2 aromatic heterocycles. The number of aromatic nitrogens is 1. The van der Waals surface area contributed by atoms with Gasteiger partial charge in [0.2, 0.25) is 0 Å². The van der Waals surface area contributed by atoms with Crippen LogP contribution < -0.4 is 10.6 Å². The highest BCUT2D eigenvalue weighted by Crippen LogP contribution is 2.30. The molecular formula is C18H14F3N3O2. The molecule has 0 unspecified atom stereocenters. The van der Waals surface area contributed by atoms with Gasteiger partial charge < -0.3 is 15.1 Å². The Labute approximate surface area is 146 Å². The van der Waals surface area contributed by atoms with E-state index in [1.165, 1.54) is 30.7 Å². The highest BCUT2D eigenvalue weighted by atomic mass is 19.4. The Morgan fingerprint density at radius 3 is 2.35 bits per heavy atom. The highest BCUT2D eigenvalue weighted by molar-refractivity contribution is 5.92. The molecule has 1 amide bonds. The van der Waals surface area contributed by atoms with Crippen molar-refractivity contribution >= 4 is 17.3 Å². The number of rotatable bonds is 5. The van der Waals surface area contributed by atoms with Gasteiger partial charge in [0, 0.05) is 5.69 Å². The molecular weight excluding hydrogens is 347 g/mol. The third-order valence-corrected chi connectivity index (χ3v) is 3.50. The van der Waals surface area contributed by atoms with Crippen molar-refractivity contribution in [2.24, 2.45) is 0 Å². The topological polar surface area (TPSA) is 67.2 Å². The van der Waals surface area contributed by atoms with Crippen molar-refractivity contribution in [1.82, 2.24) is 10.3 Å². The Kier molecular flexibility index (Phi) is 4.92. The summed E-state index contributed by atoms with van der Waals surface area (Å²) >= 11 is 0. The molecule has 0 atom stereocenters. The Morgan fingerprint density at radius 1 is 1.04 bits per heavy atom. The molecule has 2 heterocycles. The Hall–Kier alpha value is -3.29. The first-order chi connectivity index (χ1) is 12.4. The fourth-order valence-corrected chi connectivity index (χ4v) is 2.18. The van der Waals surface area contributed by atoms with E-state index in [4.69, 9.17) is 4.42 Å². The molecule has 1 aromatic carbocycles. The Morgan fingerprint density at radius 2 is 1.77 bits per heavy atom. The number of hydrogen-bond acceptors (Lipinski definition) is 4. The highest BCUT2D eigenvalue weighted by Gasteiger charge is 2.29. The number of furan rings is 1. The number of hydrogen-bond donors (Lipinski definition) is 2. The van der Waals surface area contributed by atoms with Crippen LogP contribution in [0, 0.1) is 0 Å². The summed E-state index contributed by atoms with van der Waals surface area (Å²) in [5, 5.41) is 5.60. The first kappa shape index (κ1) is 17.5. The van der Waals surface area contributed by atoms with Crippen LogP contribution in [0.25, 0.3) is 0 Å². The van der Waals surface area contributed by atoms with Crippen LogP contribution in [0.1, 0.15) is 21.8 Å². The van der Waals surface area contributed by atoms with Crippen LogP contribution in [0.3, 0.4) is 0 Å². The molecule has 8 heteroatoms. The van der Waals surface area contributed by atoms with E-state index in [-0.39, 0.29) is 18.1 Å². The number of amides is 1. The van der Waals surface area contributed by atoms with Crippen LogP contribution in [0.5, 0.6) is 0 Å². The zero-order valence-corrected chi connectivity index (χ0v) is 13.4. The van der Waals surface area contributed by atoms with Crippen LogP contribution in [-0.4, -0.2) is 10.9 Å². The van der Waals surface area contributed by atoms with Gasteiger partial charge in [-0.15, -0.1) is 0 Å². The van der Waals surface area contributed by atoms with Gasteiger partial charge >= 0.3 is 6.18 Å². The molecule has 0 saturated heterocycles. The average molecular weight is 361 g/mol. The second kappa shape index (κ2) is 7.30. The Bertz CT molecular complexity index is 858. The number of carbonyl (C=O) groups is 1. The lowest BCUT2D eigenvalue weighted by molar-refractivity contribution is -0.137. The molecule has 5 nitrogen and oxygen atoms in total. The van der Waals surface area contributed by atoms with Crippen LogP contribution in [0.4, 0.5) is 24.5 Å². The van der Waals surface area contributed by atoms with Crippen LogP contribution in [0.2, 0.25) is 0 Å². The van der Waals surface area contributed by atoms with Crippen molar-refractivity contribution in [2.45, 2.75) is 12.7 Å². The summed E-state index contributed by atoms with van der Waals surface area (Å²) in [6.07, 6.45) is -1.42. The standard InChI is InChI=1S/C18H14F3N3O2/c19-18(20,21)12-3-5-13(6-4-12)24-14-7-8-16(22-10-14)17(25)23-11-15-2-1-9-26-15/h1-10,24H,11H2,(H,23,25). The van der Waals surface area contributed by atoms with Gasteiger partial charge in [0.25, 0.3) is 5.91 Å². The molecule has 26 heavy (non-hydrogen) atoms. The van der Waals surface area contributed by atoms with Crippen molar-refractivity contribution in [2.75, 3.05) is 5.32 Å². The normalized spacial score (nSPS) is 11.2. The van der Waals surface area contributed by atoms with Crippen molar-refractivity contribution in [3.8, 4) is 0 Å². The minimum atomic E-state index is -4.37. The fourth-order valence-electron chi connectivity index (χ4n) is 2.18. The second-order valence-electron chi connectivity index (χ2n) is 5.39. The predicted octanol–water partition coefficient (Wildman–Crippen LogP) is 4.37. The summed E-state index contributed by atoms with van der Waals surface area (Å²) < 4.78 is 42.8. The molecule has 3 aromatic rings. The zero-order chi connectivity index (χ0) is 18.6. The van der Waals surface area contributed by atoms with Crippen LogP contribution in [0.15, 0.2) is 65.4 Å². The van der Waals surface area contributed by atoms with Gasteiger partial charge in [-0.1, -0.05) is 0 Å². The van der Waals surface area contributed by atoms with Crippen molar-refractivity contribution in [3.63, 3.8) is 0 Å². The maximum atomic E-state index is 12.5. The van der Waals surface area contributed by atoms with E-state index in [1.807, 2.05) is 0 Å². The third-order valence-electron chi connectivity index (χ3n) is 3.50. The maximum Gasteiger partial charge on any atom is 0.416 e. The molecule has 0 aliphatic rings. The molecule has 0 aliphatic heterocycles. The van der Waals surface area contributed by atoms with E-state index in [0.29, 0.717) is 17.1 Å². The number of carbonyl (C=O) groups excluding carboxylic acids is 1. The smallest absolute Gasteiger partial charge is 0.416 e. The van der Waals surface area contributed by atoms with Gasteiger partial charge in [-0.25, -0.2) is 4.98 Å². The number of benzene rings is 1. The number of nitrogens with one attached hydrogen (secondary N) is 2. The SMILES string of the molecule is O=C(NCc1ccco1)c1ccc(Nc2ccc(C(F)(F)F)cc2)cn1. The van der Waals surface area contributed by atoms with Crippen molar-refractivity contribution < 1.29 is 22.4 Å². The van der Waals surface area contributed by atoms with Crippen molar-refractivity contribution in [1.29, 1.82) is 0 Å². The molecule has 2 N–H and O–H groups in total. The van der Waals surface area contributed by atoms with Gasteiger partial charge in [-0.05, 0) is 48.5 Å². The quantitative estimate of drug-likeness (QED) is 0.708. The molecule has 0 saturated carbocycles. The lowest BCUT2D eigenvalue weighted by Gasteiger charge is -2.10. The monoisotopic (exact) mass is 361 g/mol. The van der Waals surface area contributed by atoms with Gasteiger partial charge in [0.1, 0.15) is 11.5 Å². The first-order valence-electron chi connectivity index (χ1n) is 7.63. The number of anilines is 2. The molecule has 3 rings (SSSR count). The second-order valence-corrected chi connectivity index (χ2v) is 5.39. The van der Waals surface area contributed by atoms with Gasteiger partial charge in [0.15, 0.2) is 0 Å². The summed E-state index contributed by atoms with van der Waals surface area (Å²) in [5.74, 6) is 0.265. The Balaban J connectivity index is 1.59. The molecule has 0 spiro atoms. The summed E-state index contributed by atoms with van der Waals surface area (Å²) in [4.78, 5) is 16.0. The van der Waals surface area contributed by atoms with E-state index < -0.39 is 11.7 Å².